The molecule has 2 rings (SSSR count). The van der Waals surface area contributed by atoms with Crippen LogP contribution < -0.4 is 4.90 Å². The van der Waals surface area contributed by atoms with E-state index in [0.29, 0.717) is 0 Å². The van der Waals surface area contributed by atoms with Crippen molar-refractivity contribution < 1.29 is 0 Å². The van der Waals surface area contributed by atoms with E-state index < -0.39 is 0 Å². The lowest BCUT2D eigenvalue weighted by Gasteiger charge is -2.17. The fraction of sp³-hybridized carbons (Fsp3) is 0.143. The van der Waals surface area contributed by atoms with Crippen LogP contribution in [0.5, 0.6) is 0 Å². The van der Waals surface area contributed by atoms with Crippen molar-refractivity contribution in [2.24, 2.45) is 0 Å². The van der Waals surface area contributed by atoms with Crippen molar-refractivity contribution in [2.75, 3.05) is 11.4 Å². The first kappa shape index (κ1) is 11.1. The molecule has 2 heteroatoms. The van der Waals surface area contributed by atoms with Crippen molar-refractivity contribution in [3.05, 3.63) is 60.2 Å². The Morgan fingerprint density at radius 3 is 2.88 bits per heavy atom. The topological polar surface area (TPSA) is 3.24 Å². The number of fused-ring (bicyclic) bond motifs is 1. The molecule has 0 radical (unpaired) electrons. The Kier molecular flexibility index (Phi) is 3.52. The van der Waals surface area contributed by atoms with Crippen molar-refractivity contribution in [3.8, 4) is 0 Å². The van der Waals surface area contributed by atoms with E-state index in [4.69, 9.17) is 0 Å². The number of hydrogen-bond donors (Lipinski definition) is 0. The van der Waals surface area contributed by atoms with Crippen LogP contribution in [0.2, 0.25) is 0 Å². The first-order chi connectivity index (χ1) is 7.86. The normalized spacial score (nSPS) is 17.1. The molecule has 0 fully saturated rings. The van der Waals surface area contributed by atoms with Crippen molar-refractivity contribution in [1.29, 1.82) is 0 Å². The molecule has 0 amide bonds. The molecule has 1 aromatic rings. The zero-order chi connectivity index (χ0) is 11.4. The summed E-state index contributed by atoms with van der Waals surface area (Å²) >= 11 is 1.82. The molecule has 1 aliphatic rings. The van der Waals surface area contributed by atoms with Gasteiger partial charge < -0.3 is 4.90 Å². The highest BCUT2D eigenvalue weighted by atomic mass is 32.2. The maximum absolute atomic E-state index is 3.67. The van der Waals surface area contributed by atoms with Crippen LogP contribution in [0.25, 0.3) is 0 Å². The van der Waals surface area contributed by atoms with E-state index in [2.05, 4.69) is 48.7 Å². The van der Waals surface area contributed by atoms with Crippen LogP contribution in [0.15, 0.2) is 65.1 Å². The highest BCUT2D eigenvalue weighted by Crippen LogP contribution is 2.45. The highest BCUT2D eigenvalue weighted by molar-refractivity contribution is 8.03. The van der Waals surface area contributed by atoms with Gasteiger partial charge in [-0.2, -0.15) is 0 Å². The van der Waals surface area contributed by atoms with Gasteiger partial charge in [0.15, 0.2) is 0 Å². The fourth-order valence-electron chi connectivity index (χ4n) is 1.72. The third kappa shape index (κ3) is 2.07. The molecule has 0 bridgehead atoms. The van der Waals surface area contributed by atoms with Gasteiger partial charge in [-0.3, -0.25) is 0 Å². The molecule has 0 unspecified atom stereocenters. The number of allylic oxidation sites excluding steroid dienone is 4. The largest absolute Gasteiger partial charge is 0.335 e. The van der Waals surface area contributed by atoms with Gasteiger partial charge in [-0.25, -0.2) is 0 Å². The molecule has 0 saturated carbocycles. The molecule has 1 aromatic carbocycles. The van der Waals surface area contributed by atoms with Crippen LogP contribution in [-0.4, -0.2) is 6.54 Å². The number of thioether (sulfide) groups is 1. The standard InChI is InChI=1S/C14H15NS/c1-3-5-6-11-14-15(4-2)12-9-7-8-10-13(12)16-14/h3,5-11H,1,4H2,2H3. The van der Waals surface area contributed by atoms with Gasteiger partial charge in [-0.05, 0) is 25.1 Å². The molecule has 0 aliphatic carbocycles. The third-order valence-electron chi connectivity index (χ3n) is 2.44. The smallest absolute Gasteiger partial charge is 0.0801 e. The van der Waals surface area contributed by atoms with Gasteiger partial charge in [0, 0.05) is 11.4 Å². The Morgan fingerprint density at radius 2 is 2.12 bits per heavy atom. The average molecular weight is 229 g/mol. The number of hydrogen-bond acceptors (Lipinski definition) is 2. The Labute approximate surface area is 101 Å². The summed E-state index contributed by atoms with van der Waals surface area (Å²) in [6, 6.07) is 8.51. The number of benzene rings is 1. The highest BCUT2D eigenvalue weighted by Gasteiger charge is 2.22. The summed E-state index contributed by atoms with van der Waals surface area (Å²) in [4.78, 5) is 3.66. The molecule has 0 N–H and O–H groups in total. The zero-order valence-electron chi connectivity index (χ0n) is 9.39. The quantitative estimate of drug-likeness (QED) is 0.714. The average Bonchev–Trinajstić information content (AvgIpc) is 2.67. The maximum atomic E-state index is 3.67. The van der Waals surface area contributed by atoms with Gasteiger partial charge in [0.2, 0.25) is 0 Å². The Morgan fingerprint density at radius 1 is 1.31 bits per heavy atom. The lowest BCUT2D eigenvalue weighted by atomic mass is 10.3. The monoisotopic (exact) mass is 229 g/mol. The molecule has 1 nitrogen and oxygen atoms in total. The minimum Gasteiger partial charge on any atom is -0.335 e. The summed E-state index contributed by atoms with van der Waals surface area (Å²) in [6.07, 6.45) is 7.91. The fourth-order valence-corrected chi connectivity index (χ4v) is 2.86. The van der Waals surface area contributed by atoms with E-state index in [1.165, 1.54) is 15.6 Å². The van der Waals surface area contributed by atoms with E-state index in [9.17, 15) is 0 Å². The lowest BCUT2D eigenvalue weighted by Crippen LogP contribution is -2.16. The minimum absolute atomic E-state index is 0.998. The van der Waals surface area contributed by atoms with Crippen LogP contribution in [0, 0.1) is 0 Å². The summed E-state index contributed by atoms with van der Waals surface area (Å²) in [5, 5.41) is 1.28. The lowest BCUT2D eigenvalue weighted by molar-refractivity contribution is 1.00. The molecular formula is C14H15NS. The van der Waals surface area contributed by atoms with E-state index in [1.54, 1.807) is 6.08 Å². The predicted octanol–water partition coefficient (Wildman–Crippen LogP) is 4.20. The zero-order valence-corrected chi connectivity index (χ0v) is 10.2. The SMILES string of the molecule is C=CC=CC=C1Sc2ccccc2N1CC. The van der Waals surface area contributed by atoms with Crippen LogP contribution in [0.3, 0.4) is 0 Å². The third-order valence-corrected chi connectivity index (χ3v) is 3.57. The molecule has 1 aliphatic heterocycles. The number of rotatable bonds is 3. The second-order valence-corrected chi connectivity index (χ2v) is 4.50. The second-order valence-electron chi connectivity index (χ2n) is 3.44. The van der Waals surface area contributed by atoms with Crippen LogP contribution in [0.4, 0.5) is 5.69 Å². The minimum atomic E-state index is 0.998. The van der Waals surface area contributed by atoms with E-state index >= 15 is 0 Å². The second kappa shape index (κ2) is 5.08. The van der Waals surface area contributed by atoms with Gasteiger partial charge in [-0.15, -0.1) is 0 Å². The summed E-state index contributed by atoms with van der Waals surface area (Å²) in [5.41, 5.74) is 1.31. The predicted molar refractivity (Wildman–Crippen MR) is 72.7 cm³/mol. The first-order valence-electron chi connectivity index (χ1n) is 5.40. The summed E-state index contributed by atoms with van der Waals surface area (Å²) in [5.74, 6) is 0. The van der Waals surface area contributed by atoms with E-state index in [0.717, 1.165) is 6.54 Å². The van der Waals surface area contributed by atoms with E-state index in [-0.39, 0.29) is 0 Å². The van der Waals surface area contributed by atoms with Gasteiger partial charge in [0.05, 0.1) is 10.7 Å². The van der Waals surface area contributed by atoms with Gasteiger partial charge in [0.25, 0.3) is 0 Å². The molecule has 0 spiro atoms. The number of para-hydroxylation sites is 1. The van der Waals surface area contributed by atoms with Gasteiger partial charge >= 0.3 is 0 Å². The summed E-state index contributed by atoms with van der Waals surface area (Å²) in [6.45, 7) is 6.84. The molecule has 1 heterocycles. The van der Waals surface area contributed by atoms with E-state index in [1.807, 2.05) is 23.9 Å². The summed E-state index contributed by atoms with van der Waals surface area (Å²) in [7, 11) is 0. The van der Waals surface area contributed by atoms with Crippen LogP contribution >= 0.6 is 11.8 Å². The van der Waals surface area contributed by atoms with Crippen molar-refractivity contribution in [3.63, 3.8) is 0 Å². The first-order valence-corrected chi connectivity index (χ1v) is 6.22. The Bertz CT molecular complexity index is 446. The Hall–Kier alpha value is -1.41. The molecule has 82 valence electrons. The molecule has 0 atom stereocenters. The molecule has 0 saturated heterocycles. The van der Waals surface area contributed by atoms with Gasteiger partial charge in [-0.1, -0.05) is 48.7 Å². The maximum Gasteiger partial charge on any atom is 0.0801 e. The number of nitrogens with zero attached hydrogens (tertiary/aromatic N) is 1. The Balaban J connectivity index is 2.30. The molecule has 16 heavy (non-hydrogen) atoms. The number of anilines is 1. The van der Waals surface area contributed by atoms with Crippen molar-refractivity contribution in [1.82, 2.24) is 0 Å². The van der Waals surface area contributed by atoms with Crippen LogP contribution in [0.1, 0.15) is 6.92 Å². The molecule has 0 aromatic heterocycles. The van der Waals surface area contributed by atoms with Crippen LogP contribution in [-0.2, 0) is 0 Å². The van der Waals surface area contributed by atoms with Crippen molar-refractivity contribution in [2.45, 2.75) is 11.8 Å². The molecular weight excluding hydrogens is 214 g/mol. The summed E-state index contributed by atoms with van der Waals surface area (Å²) < 4.78 is 0. The van der Waals surface area contributed by atoms with Gasteiger partial charge in [0.1, 0.15) is 0 Å². The van der Waals surface area contributed by atoms with Crippen molar-refractivity contribution >= 4 is 17.4 Å².